The van der Waals surface area contributed by atoms with Crippen molar-refractivity contribution in [2.75, 3.05) is 26.9 Å². The number of rotatable bonds is 11. The molecule has 0 spiro atoms. The summed E-state index contributed by atoms with van der Waals surface area (Å²) in [5.41, 5.74) is 9.83. The van der Waals surface area contributed by atoms with Gasteiger partial charge in [0, 0.05) is 36.6 Å². The number of carbonyl (C=O) groups is 2. The molecule has 7 rings (SSSR count). The molecule has 13 heteroatoms. The number of aromatic nitrogens is 2. The van der Waals surface area contributed by atoms with Gasteiger partial charge in [-0.3, -0.25) is 14.8 Å². The Hall–Kier alpha value is -4.02. The number of ether oxygens (including phenoxy) is 4. The summed E-state index contributed by atoms with van der Waals surface area (Å²) in [6, 6.07) is 20.5. The van der Waals surface area contributed by atoms with Crippen molar-refractivity contribution >= 4 is 33.7 Å². The predicted octanol–water partition coefficient (Wildman–Crippen LogP) is 8.90. The van der Waals surface area contributed by atoms with E-state index in [1.54, 1.807) is 0 Å². The summed E-state index contributed by atoms with van der Waals surface area (Å²) in [6.45, 7) is 27.6. The molecule has 2 aromatic carbocycles. The van der Waals surface area contributed by atoms with Gasteiger partial charge in [0.2, 0.25) is 0 Å². The number of aliphatic carboxylic acids is 1. The Morgan fingerprint density at radius 3 is 1.49 bits per heavy atom. The first-order chi connectivity index (χ1) is 31.0. The van der Waals surface area contributed by atoms with Crippen LogP contribution < -0.4 is 39.4 Å². The fourth-order valence-electron chi connectivity index (χ4n) is 8.71. The first-order valence-electron chi connectivity index (χ1n) is 24.2. The van der Waals surface area contributed by atoms with Crippen LogP contribution in [0.1, 0.15) is 151 Å². The molecular formula is C55H83LiN4O8. The Balaban J connectivity index is 0.000000375. The summed E-state index contributed by atoms with van der Waals surface area (Å²) >= 11 is 0. The van der Waals surface area contributed by atoms with Gasteiger partial charge in [0.25, 0.3) is 0 Å². The molecule has 5 N–H and O–H groups in total. The fraction of sp³-hybridized carbons (Fsp3) is 0.600. The van der Waals surface area contributed by atoms with E-state index in [4.69, 9.17) is 35.0 Å². The summed E-state index contributed by atoms with van der Waals surface area (Å²) in [7, 11) is 1.31. The van der Waals surface area contributed by atoms with Crippen LogP contribution in [0.3, 0.4) is 0 Å². The molecule has 12 nitrogen and oxygen atoms in total. The van der Waals surface area contributed by atoms with Crippen LogP contribution >= 0.6 is 0 Å². The van der Waals surface area contributed by atoms with Gasteiger partial charge in [-0.05, 0) is 163 Å². The molecule has 0 radical (unpaired) electrons. The maximum Gasteiger partial charge on any atom is 1.00 e. The summed E-state index contributed by atoms with van der Waals surface area (Å²) in [5, 5.41) is 14.3. The number of carboxylic acid groups (broad SMARTS) is 1. The Bertz CT molecular complexity index is 2150. The Kier molecular flexibility index (Phi) is 24.2. The molecule has 2 aromatic heterocycles. The standard InChI is InChI=1S/C25H36N2O3.C22H32N2O.C4H6O2.C4H8O.Li.H2O/c1-24(2,3)18-7-9-19(10-8-18)30-20-11-12-21-17(16-20)6-13-22(27-21)25(4,5)26-15-14-23(28)29;1-21(2,3)16-7-9-17(10-8-16)25-18-11-12-19-15(14-18)6-13-20(24-19)22(4,5)23;1-3-4(5)6-2;1-2-4-5-3-1;;/h6,11-13,16,18-19,26H,7-10,14-15H2,1-5H3,(H,28,29);6,11-14,16-17H,7-10,23H2,1-5H3;3H,1H2,2H3;1-4H2;;1H2/q;;;;+1;/p-1. The Labute approximate surface area is 419 Å². The molecule has 0 unspecified atom stereocenters. The number of hydrogen-bond acceptors (Lipinski definition) is 11. The van der Waals surface area contributed by atoms with Crippen molar-refractivity contribution < 1.29 is 58.0 Å². The summed E-state index contributed by atoms with van der Waals surface area (Å²) < 4.78 is 21.7. The maximum atomic E-state index is 10.8. The topological polar surface area (TPSA) is 185 Å². The number of nitrogens with two attached hydrogens (primary N) is 1. The van der Waals surface area contributed by atoms with Crippen LogP contribution in [0, 0.1) is 22.7 Å². The number of carbonyl (C=O) groups excluding carboxylic acids is 1. The number of pyridine rings is 2. The van der Waals surface area contributed by atoms with Gasteiger partial charge in [0.05, 0.1) is 59.2 Å². The first kappa shape index (κ1) is 60.1. The number of nitrogens with zero attached hydrogens (tertiary/aromatic N) is 2. The van der Waals surface area contributed by atoms with Crippen LogP contribution in [-0.4, -0.2) is 71.6 Å². The molecule has 0 bridgehead atoms. The zero-order chi connectivity index (χ0) is 48.7. The van der Waals surface area contributed by atoms with Gasteiger partial charge in [0.15, 0.2) is 0 Å². The van der Waals surface area contributed by atoms with E-state index in [0.29, 0.717) is 29.6 Å². The number of carboxylic acids is 1. The van der Waals surface area contributed by atoms with Crippen molar-refractivity contribution in [3.63, 3.8) is 0 Å². The number of benzene rings is 2. The van der Waals surface area contributed by atoms with Gasteiger partial charge in [-0.2, -0.15) is 0 Å². The van der Waals surface area contributed by atoms with Gasteiger partial charge in [-0.25, -0.2) is 4.79 Å². The summed E-state index contributed by atoms with van der Waals surface area (Å²) in [5.74, 6) is 2.26. The second-order valence-corrected chi connectivity index (χ2v) is 21.5. The molecule has 0 atom stereocenters. The van der Waals surface area contributed by atoms with Crippen LogP contribution in [0.15, 0.2) is 73.3 Å². The molecule has 3 fully saturated rings. The van der Waals surface area contributed by atoms with Crippen LogP contribution in [-0.2, 0) is 30.1 Å². The van der Waals surface area contributed by atoms with Gasteiger partial charge in [-0.15, -0.1) is 0 Å². The van der Waals surface area contributed by atoms with Gasteiger partial charge >= 0.3 is 30.8 Å². The van der Waals surface area contributed by atoms with Gasteiger partial charge in [-0.1, -0.05) is 60.3 Å². The van der Waals surface area contributed by atoms with E-state index in [-0.39, 0.29) is 30.8 Å². The minimum Gasteiger partial charge on any atom is -0.870 e. The van der Waals surface area contributed by atoms with E-state index < -0.39 is 23.0 Å². The molecular weight excluding hydrogens is 852 g/mol. The SMILES string of the molecule is C1CCOC1.C=CC(=O)OC.CC(C)(N)c1ccc2cc(OC3CCC(C(C)(C)C)CC3)ccc2n1.CC(C)(NCCC(=O)O)c1ccc2cc(OC3CCC(C(C)(C)C)CC3)ccc2n1.[Li+].[OH-]. The number of esters is 1. The van der Waals surface area contributed by atoms with E-state index in [2.05, 4.69) is 82.4 Å². The molecule has 1 aliphatic heterocycles. The second kappa shape index (κ2) is 27.4. The van der Waals surface area contributed by atoms with Gasteiger partial charge in [0.1, 0.15) is 11.5 Å². The largest absolute Gasteiger partial charge is 1.00 e. The third-order valence-corrected chi connectivity index (χ3v) is 13.1. The van der Waals surface area contributed by atoms with Crippen molar-refractivity contribution in [2.24, 2.45) is 28.4 Å². The molecule has 68 heavy (non-hydrogen) atoms. The van der Waals surface area contributed by atoms with E-state index in [0.717, 1.165) is 102 Å². The van der Waals surface area contributed by atoms with Crippen LogP contribution in [0.25, 0.3) is 21.8 Å². The molecule has 0 amide bonds. The minimum atomic E-state index is -0.802. The summed E-state index contributed by atoms with van der Waals surface area (Å²) in [6.07, 6.45) is 13.9. The van der Waals surface area contributed by atoms with E-state index in [1.807, 2.05) is 64.1 Å². The minimum absolute atomic E-state index is 0. The average Bonchev–Trinajstić information content (AvgIpc) is 3.86. The van der Waals surface area contributed by atoms with Crippen LogP contribution in [0.5, 0.6) is 11.5 Å². The van der Waals surface area contributed by atoms with Crippen LogP contribution in [0.4, 0.5) is 0 Å². The Morgan fingerprint density at radius 1 is 0.721 bits per heavy atom. The van der Waals surface area contributed by atoms with Crippen molar-refractivity contribution in [1.29, 1.82) is 0 Å². The predicted molar refractivity (Wildman–Crippen MR) is 270 cm³/mol. The quantitative estimate of drug-likeness (QED) is 0.0738. The van der Waals surface area contributed by atoms with E-state index in [1.165, 1.54) is 45.6 Å². The molecule has 4 aromatic rings. The molecule has 3 heterocycles. The normalized spacial score (nSPS) is 19.5. The van der Waals surface area contributed by atoms with Crippen molar-refractivity contribution in [3.05, 3.63) is 84.7 Å². The molecule has 2 aliphatic carbocycles. The van der Waals surface area contributed by atoms with E-state index in [9.17, 15) is 9.59 Å². The smallest absolute Gasteiger partial charge is 0.870 e. The molecule has 2 saturated carbocycles. The fourth-order valence-corrected chi connectivity index (χ4v) is 8.71. The number of hydrogen-bond donors (Lipinski definition) is 3. The van der Waals surface area contributed by atoms with Crippen molar-refractivity contribution in [1.82, 2.24) is 15.3 Å². The monoisotopic (exact) mass is 935 g/mol. The molecule has 372 valence electrons. The average molecular weight is 935 g/mol. The number of methoxy groups -OCH3 is 1. The first-order valence-corrected chi connectivity index (χ1v) is 24.2. The number of nitrogens with one attached hydrogen (secondary N) is 1. The maximum absolute atomic E-state index is 10.8. The van der Waals surface area contributed by atoms with Crippen molar-refractivity contribution in [3.8, 4) is 11.5 Å². The molecule has 1 saturated heterocycles. The Morgan fingerprint density at radius 2 is 1.15 bits per heavy atom. The third-order valence-electron chi connectivity index (χ3n) is 13.1. The van der Waals surface area contributed by atoms with Crippen LogP contribution in [0.2, 0.25) is 0 Å². The van der Waals surface area contributed by atoms with E-state index >= 15 is 0 Å². The second-order valence-electron chi connectivity index (χ2n) is 21.5. The third kappa shape index (κ3) is 19.8. The molecule has 3 aliphatic rings. The number of fused-ring (bicyclic) bond motifs is 2. The zero-order valence-corrected chi connectivity index (χ0v) is 43.6. The summed E-state index contributed by atoms with van der Waals surface area (Å²) in [4.78, 5) is 30.1. The zero-order valence-electron chi connectivity index (χ0n) is 43.6. The van der Waals surface area contributed by atoms with Crippen molar-refractivity contribution in [2.45, 2.75) is 163 Å². The van der Waals surface area contributed by atoms with Gasteiger partial charge < -0.3 is 40.6 Å².